The molecule has 3 saturated heterocycles. The number of phosphoric acid groups is 1. The van der Waals surface area contributed by atoms with Crippen LogP contribution in [0.2, 0.25) is 0 Å². The van der Waals surface area contributed by atoms with E-state index in [1.807, 2.05) is 0 Å². The van der Waals surface area contributed by atoms with Crippen molar-refractivity contribution in [2.75, 3.05) is 34.5 Å². The van der Waals surface area contributed by atoms with E-state index in [0.717, 1.165) is 0 Å². The molecule has 0 spiro atoms. The van der Waals surface area contributed by atoms with Crippen LogP contribution in [0.4, 0.5) is 0 Å². The lowest BCUT2D eigenvalue weighted by Crippen LogP contribution is -2.23. The summed E-state index contributed by atoms with van der Waals surface area (Å²) in [7, 11) is -14.3. The molecule has 3 fully saturated rings. The Labute approximate surface area is 153 Å². The quantitative estimate of drug-likeness (QED) is 0.492. The van der Waals surface area contributed by atoms with Crippen molar-refractivity contribution in [3.8, 4) is 0 Å². The van der Waals surface area contributed by atoms with Gasteiger partial charge < -0.3 is 0 Å². The summed E-state index contributed by atoms with van der Waals surface area (Å²) in [5, 5.41) is 0. The van der Waals surface area contributed by atoms with E-state index in [9.17, 15) is 29.8 Å². The highest BCUT2D eigenvalue weighted by molar-refractivity contribution is 7.92. The van der Waals surface area contributed by atoms with E-state index < -0.39 is 55.6 Å². The molecule has 152 valence electrons. The smallest absolute Gasteiger partial charge is 0.282 e. The summed E-state index contributed by atoms with van der Waals surface area (Å²) in [4.78, 5) is 0. The Kier molecular flexibility index (Phi) is 5.64. The van der Waals surface area contributed by atoms with Gasteiger partial charge in [0, 0.05) is 0 Å². The van der Waals surface area contributed by atoms with Crippen LogP contribution in [0.25, 0.3) is 0 Å². The van der Waals surface area contributed by atoms with Crippen molar-refractivity contribution in [2.45, 2.75) is 37.6 Å². The maximum Gasteiger partial charge on any atom is 0.475 e. The minimum atomic E-state index is -4.33. The summed E-state index contributed by atoms with van der Waals surface area (Å²) >= 11 is 0. The van der Waals surface area contributed by atoms with Gasteiger partial charge in [-0.25, -0.2) is 29.8 Å². The highest BCUT2D eigenvalue weighted by atomic mass is 32.2. The van der Waals surface area contributed by atoms with Gasteiger partial charge in [0.1, 0.15) is 0 Å². The molecule has 0 saturated carbocycles. The first-order valence-electron chi connectivity index (χ1n) is 8.12. The summed E-state index contributed by atoms with van der Waals surface area (Å²) in [6.45, 7) is 0. The minimum Gasteiger partial charge on any atom is -0.282 e. The molecule has 3 heterocycles. The van der Waals surface area contributed by atoms with Crippen LogP contribution in [-0.2, 0) is 47.6 Å². The number of phosphoric ester groups is 1. The zero-order valence-corrected chi connectivity index (χ0v) is 17.2. The molecule has 10 nitrogen and oxygen atoms in total. The number of hydrogen-bond acceptors (Lipinski definition) is 10. The Bertz CT molecular complexity index is 788. The monoisotopic (exact) mass is 452 g/mol. The second-order valence-electron chi connectivity index (χ2n) is 6.84. The molecule has 3 atom stereocenters. The largest absolute Gasteiger partial charge is 0.475 e. The normalized spacial score (nSPS) is 35.6. The first kappa shape index (κ1) is 20.7. The van der Waals surface area contributed by atoms with Crippen molar-refractivity contribution >= 4 is 37.3 Å². The van der Waals surface area contributed by atoms with E-state index in [1.54, 1.807) is 0 Å². The van der Waals surface area contributed by atoms with Gasteiger partial charge in [-0.15, -0.1) is 0 Å². The van der Waals surface area contributed by atoms with Gasteiger partial charge in [0.25, 0.3) is 0 Å². The third-order valence-electron chi connectivity index (χ3n) is 4.41. The van der Waals surface area contributed by atoms with Crippen molar-refractivity contribution in [1.29, 1.82) is 0 Å². The molecule has 0 aromatic rings. The van der Waals surface area contributed by atoms with Crippen LogP contribution in [0.15, 0.2) is 0 Å². The average Bonchev–Trinajstić information content (AvgIpc) is 3.07. The first-order chi connectivity index (χ1) is 11.9. The fourth-order valence-corrected chi connectivity index (χ4v) is 10.0. The molecule has 0 amide bonds. The fourth-order valence-electron chi connectivity index (χ4n) is 3.15. The highest BCUT2D eigenvalue weighted by Gasteiger charge is 2.44. The topological polar surface area (TPSA) is 147 Å². The van der Waals surface area contributed by atoms with Gasteiger partial charge in [-0.1, -0.05) is 0 Å². The zero-order valence-electron chi connectivity index (χ0n) is 13.9. The molecule has 0 aromatic carbocycles. The van der Waals surface area contributed by atoms with Gasteiger partial charge in [-0.05, 0) is 19.3 Å². The fraction of sp³-hybridized carbons (Fsp3) is 1.00. The van der Waals surface area contributed by atoms with Crippen molar-refractivity contribution in [3.05, 3.63) is 0 Å². The Hall–Kier alpha value is -0.0400. The molecule has 3 aliphatic rings. The molecule has 3 aliphatic heterocycles. The van der Waals surface area contributed by atoms with Gasteiger partial charge in [-0.2, -0.15) is 0 Å². The van der Waals surface area contributed by atoms with Crippen LogP contribution < -0.4 is 0 Å². The van der Waals surface area contributed by atoms with Crippen LogP contribution in [-0.4, -0.2) is 78.1 Å². The zero-order chi connectivity index (χ0) is 19.2. The Balaban J connectivity index is 1.73. The standard InChI is InChI=1S/C12H21O10PS3/c13-23(20-10-1-4-24(14,15)7-10,21-11-2-5-25(16,17)8-11)22-12-3-6-26(18,19)9-12/h10-12H,1-9H2/t10-,11-,12+/m0/s1. The lowest BCUT2D eigenvalue weighted by Gasteiger charge is -2.25. The summed E-state index contributed by atoms with van der Waals surface area (Å²) in [6.07, 6.45) is -2.36. The molecule has 14 heteroatoms. The predicted octanol–water partition coefficient (Wildman–Crippen LogP) is -0.294. The molecule has 0 aromatic heterocycles. The molecule has 0 radical (unpaired) electrons. The molecule has 0 aliphatic carbocycles. The van der Waals surface area contributed by atoms with Gasteiger partial charge in [0.05, 0.1) is 52.8 Å². The van der Waals surface area contributed by atoms with Gasteiger partial charge in [-0.3, -0.25) is 13.6 Å². The summed E-state index contributed by atoms with van der Waals surface area (Å²) in [6, 6.07) is 0. The maximum absolute atomic E-state index is 13.1. The predicted molar refractivity (Wildman–Crippen MR) is 92.0 cm³/mol. The Morgan fingerprint density at radius 2 is 0.846 bits per heavy atom. The highest BCUT2D eigenvalue weighted by Crippen LogP contribution is 2.55. The van der Waals surface area contributed by atoms with E-state index in [1.165, 1.54) is 0 Å². The third kappa shape index (κ3) is 5.49. The van der Waals surface area contributed by atoms with Crippen LogP contribution in [0, 0.1) is 0 Å². The Morgan fingerprint density at radius 3 is 1.04 bits per heavy atom. The summed E-state index contributed by atoms with van der Waals surface area (Å²) < 4.78 is 98.5. The van der Waals surface area contributed by atoms with E-state index in [4.69, 9.17) is 13.6 Å². The van der Waals surface area contributed by atoms with Gasteiger partial charge in [0.15, 0.2) is 29.5 Å². The van der Waals surface area contributed by atoms with Crippen molar-refractivity contribution in [1.82, 2.24) is 0 Å². The van der Waals surface area contributed by atoms with E-state index in [-0.39, 0.29) is 53.8 Å². The van der Waals surface area contributed by atoms with Crippen LogP contribution in [0.3, 0.4) is 0 Å². The average molecular weight is 452 g/mol. The van der Waals surface area contributed by atoms with E-state index >= 15 is 0 Å². The molecular formula is C12H21O10PS3. The lowest BCUT2D eigenvalue weighted by atomic mass is 10.3. The van der Waals surface area contributed by atoms with Gasteiger partial charge in [0.2, 0.25) is 0 Å². The molecule has 0 unspecified atom stereocenters. The molecule has 26 heavy (non-hydrogen) atoms. The molecular weight excluding hydrogens is 431 g/mol. The lowest BCUT2D eigenvalue weighted by molar-refractivity contribution is 0.0482. The minimum absolute atomic E-state index is 0.116. The Morgan fingerprint density at radius 1 is 0.577 bits per heavy atom. The SMILES string of the molecule is O=P(O[C@@H]1CCS(=O)(=O)C1)(O[C@H]1CCS(=O)(=O)C1)O[C@H]1CCS(=O)(=O)C1. The van der Waals surface area contributed by atoms with Crippen molar-refractivity contribution in [3.63, 3.8) is 0 Å². The molecule has 0 bridgehead atoms. The second-order valence-corrected chi connectivity index (χ2v) is 15.1. The number of hydrogen-bond donors (Lipinski definition) is 0. The van der Waals surface area contributed by atoms with E-state index in [0.29, 0.717) is 0 Å². The second kappa shape index (κ2) is 7.09. The van der Waals surface area contributed by atoms with Gasteiger partial charge >= 0.3 is 7.82 Å². The van der Waals surface area contributed by atoms with Crippen LogP contribution in [0.1, 0.15) is 19.3 Å². The van der Waals surface area contributed by atoms with E-state index in [2.05, 4.69) is 0 Å². The summed E-state index contributed by atoms with van der Waals surface area (Å²) in [5.74, 6) is -1.37. The number of sulfone groups is 3. The maximum atomic E-state index is 13.1. The van der Waals surface area contributed by atoms with Crippen LogP contribution in [0.5, 0.6) is 0 Å². The van der Waals surface area contributed by atoms with Crippen LogP contribution >= 0.6 is 7.82 Å². The number of rotatable bonds is 6. The van der Waals surface area contributed by atoms with Crippen molar-refractivity contribution in [2.24, 2.45) is 0 Å². The summed E-state index contributed by atoms with van der Waals surface area (Å²) in [5.41, 5.74) is 0. The molecule has 0 N–H and O–H groups in total. The van der Waals surface area contributed by atoms with Crippen molar-refractivity contribution < 1.29 is 43.4 Å². The first-order valence-corrected chi connectivity index (χ1v) is 15.0. The molecule has 3 rings (SSSR count). The third-order valence-corrected chi connectivity index (χ3v) is 11.3.